The zero-order valence-corrected chi connectivity index (χ0v) is 11.9. The van der Waals surface area contributed by atoms with Gasteiger partial charge < -0.3 is 16.2 Å². The lowest BCUT2D eigenvalue weighted by Crippen LogP contribution is -2.19. The predicted molar refractivity (Wildman–Crippen MR) is 80.1 cm³/mol. The topological polar surface area (TPSA) is 91.2 Å². The van der Waals surface area contributed by atoms with Crippen LogP contribution in [0.5, 0.6) is 5.75 Å². The number of pyridine rings is 1. The smallest absolute Gasteiger partial charge is 0.260 e. The van der Waals surface area contributed by atoms with Crippen LogP contribution in [0.2, 0.25) is 0 Å². The van der Waals surface area contributed by atoms with Crippen molar-refractivity contribution in [1.82, 2.24) is 4.98 Å². The first kappa shape index (κ1) is 13.2. The first-order valence-electron chi connectivity index (χ1n) is 6.80. The summed E-state index contributed by atoms with van der Waals surface area (Å²) in [5.74, 6) is 0.192. The minimum absolute atomic E-state index is 0.227. The summed E-state index contributed by atoms with van der Waals surface area (Å²) < 4.78 is 6.08. The number of thiophene rings is 1. The van der Waals surface area contributed by atoms with Crippen LogP contribution >= 0.6 is 11.3 Å². The Kier molecular flexibility index (Phi) is 3.48. The van der Waals surface area contributed by atoms with Gasteiger partial charge in [0.15, 0.2) is 0 Å². The highest BCUT2D eigenvalue weighted by Crippen LogP contribution is 2.39. The summed E-state index contributed by atoms with van der Waals surface area (Å²) in [4.78, 5) is 16.7. The lowest BCUT2D eigenvalue weighted by molar-refractivity contribution is 0.100. The standard InChI is InChI=1S/C14H17N3O2S/c15-11-10-9(19-8-4-2-1-3-5-8)6-7-17-14(10)20-12(11)13(16)18/h6-8H,1-5,15H2,(H2,16,18). The fraction of sp³-hybridized carbons (Fsp3) is 0.429. The molecule has 0 aliphatic heterocycles. The van der Waals surface area contributed by atoms with Gasteiger partial charge in [-0.25, -0.2) is 4.98 Å². The molecule has 1 fully saturated rings. The largest absolute Gasteiger partial charge is 0.490 e. The van der Waals surface area contributed by atoms with Crippen molar-refractivity contribution in [3.63, 3.8) is 0 Å². The third-order valence-corrected chi connectivity index (χ3v) is 4.79. The van der Waals surface area contributed by atoms with Gasteiger partial charge in [-0.05, 0) is 31.7 Å². The molecule has 1 saturated carbocycles. The van der Waals surface area contributed by atoms with Crippen LogP contribution < -0.4 is 16.2 Å². The molecule has 0 aromatic carbocycles. The molecule has 1 amide bonds. The first-order valence-corrected chi connectivity index (χ1v) is 7.62. The molecule has 0 bridgehead atoms. The minimum atomic E-state index is -0.519. The normalized spacial score (nSPS) is 16.4. The first-order chi connectivity index (χ1) is 9.66. The number of carbonyl (C=O) groups is 1. The van der Waals surface area contributed by atoms with Gasteiger partial charge in [-0.2, -0.15) is 0 Å². The lowest BCUT2D eigenvalue weighted by Gasteiger charge is -2.23. The number of primary amides is 1. The molecule has 20 heavy (non-hydrogen) atoms. The maximum absolute atomic E-state index is 11.4. The Morgan fingerprint density at radius 2 is 2.10 bits per heavy atom. The zero-order chi connectivity index (χ0) is 14.1. The molecule has 0 spiro atoms. The molecule has 106 valence electrons. The highest BCUT2D eigenvalue weighted by atomic mass is 32.1. The Hall–Kier alpha value is -1.82. The Labute approximate surface area is 120 Å². The van der Waals surface area contributed by atoms with Gasteiger partial charge in [0, 0.05) is 6.20 Å². The van der Waals surface area contributed by atoms with Crippen LogP contribution in [0.4, 0.5) is 5.69 Å². The van der Waals surface area contributed by atoms with Gasteiger partial charge >= 0.3 is 0 Å². The fourth-order valence-electron chi connectivity index (χ4n) is 2.66. The van der Waals surface area contributed by atoms with E-state index in [1.54, 1.807) is 6.20 Å². The molecule has 0 saturated heterocycles. The predicted octanol–water partition coefficient (Wildman–Crippen LogP) is 2.69. The van der Waals surface area contributed by atoms with E-state index >= 15 is 0 Å². The van der Waals surface area contributed by atoms with Crippen molar-refractivity contribution in [2.24, 2.45) is 5.73 Å². The second-order valence-electron chi connectivity index (χ2n) is 5.08. The molecule has 6 heteroatoms. The number of fused-ring (bicyclic) bond motifs is 1. The molecular weight excluding hydrogens is 274 g/mol. The van der Waals surface area contributed by atoms with Crippen LogP contribution in [0.15, 0.2) is 12.3 Å². The number of amides is 1. The van der Waals surface area contributed by atoms with Gasteiger partial charge in [-0.15, -0.1) is 11.3 Å². The van der Waals surface area contributed by atoms with Crippen molar-refractivity contribution in [2.75, 3.05) is 5.73 Å². The Balaban J connectivity index is 1.99. The molecule has 1 aliphatic carbocycles. The van der Waals surface area contributed by atoms with Crippen molar-refractivity contribution in [1.29, 1.82) is 0 Å². The van der Waals surface area contributed by atoms with Crippen LogP contribution in [0.1, 0.15) is 41.8 Å². The Morgan fingerprint density at radius 1 is 1.35 bits per heavy atom. The number of hydrogen-bond acceptors (Lipinski definition) is 5. The quantitative estimate of drug-likeness (QED) is 0.909. The summed E-state index contributed by atoms with van der Waals surface area (Å²) in [6.45, 7) is 0. The van der Waals surface area contributed by atoms with Crippen LogP contribution in [0.25, 0.3) is 10.2 Å². The van der Waals surface area contributed by atoms with Crippen LogP contribution in [-0.4, -0.2) is 17.0 Å². The second kappa shape index (κ2) is 5.28. The van der Waals surface area contributed by atoms with E-state index in [-0.39, 0.29) is 6.10 Å². The molecular formula is C14H17N3O2S. The van der Waals surface area contributed by atoms with Crippen molar-refractivity contribution in [3.05, 3.63) is 17.1 Å². The van der Waals surface area contributed by atoms with Gasteiger partial charge in [0.1, 0.15) is 15.5 Å². The summed E-state index contributed by atoms with van der Waals surface area (Å²) in [5.41, 5.74) is 11.8. The molecule has 0 radical (unpaired) electrons. The molecule has 3 rings (SSSR count). The number of anilines is 1. The maximum Gasteiger partial charge on any atom is 0.260 e. The molecule has 1 aliphatic rings. The van der Waals surface area contributed by atoms with Crippen LogP contribution in [0, 0.1) is 0 Å². The fourth-order valence-corrected chi connectivity index (χ4v) is 3.59. The highest BCUT2D eigenvalue weighted by Gasteiger charge is 2.21. The third-order valence-electron chi connectivity index (χ3n) is 3.66. The van der Waals surface area contributed by atoms with Gasteiger partial charge in [0.25, 0.3) is 5.91 Å². The van der Waals surface area contributed by atoms with E-state index in [2.05, 4.69) is 4.98 Å². The second-order valence-corrected chi connectivity index (χ2v) is 6.08. The number of carbonyl (C=O) groups excluding carboxylic acids is 1. The van der Waals surface area contributed by atoms with Gasteiger partial charge in [0.05, 0.1) is 17.2 Å². The van der Waals surface area contributed by atoms with E-state index in [9.17, 15) is 4.79 Å². The van der Waals surface area contributed by atoms with Crippen LogP contribution in [0.3, 0.4) is 0 Å². The van der Waals surface area contributed by atoms with E-state index in [1.807, 2.05) is 6.07 Å². The Bertz CT molecular complexity index is 647. The molecule has 0 unspecified atom stereocenters. The van der Waals surface area contributed by atoms with Crippen LogP contribution in [-0.2, 0) is 0 Å². The summed E-state index contributed by atoms with van der Waals surface area (Å²) in [6.07, 6.45) is 7.71. The van der Waals surface area contributed by atoms with Gasteiger partial charge in [-0.1, -0.05) is 6.42 Å². The van der Waals surface area contributed by atoms with E-state index in [0.717, 1.165) is 18.2 Å². The molecule has 2 aromatic rings. The molecule has 5 nitrogen and oxygen atoms in total. The van der Waals surface area contributed by atoms with Crippen molar-refractivity contribution < 1.29 is 9.53 Å². The van der Waals surface area contributed by atoms with Crippen molar-refractivity contribution >= 4 is 33.1 Å². The van der Waals surface area contributed by atoms with Crippen molar-refractivity contribution in [2.45, 2.75) is 38.2 Å². The summed E-state index contributed by atoms with van der Waals surface area (Å²) in [5, 5.41) is 0.719. The summed E-state index contributed by atoms with van der Waals surface area (Å²) in [7, 11) is 0. The van der Waals surface area contributed by atoms with E-state index in [4.69, 9.17) is 16.2 Å². The van der Waals surface area contributed by atoms with E-state index < -0.39 is 5.91 Å². The number of nitrogen functional groups attached to an aromatic ring is 1. The number of hydrogen-bond donors (Lipinski definition) is 2. The van der Waals surface area contributed by atoms with Gasteiger partial charge in [0.2, 0.25) is 0 Å². The number of nitrogens with two attached hydrogens (primary N) is 2. The average molecular weight is 291 g/mol. The molecule has 0 atom stereocenters. The number of ether oxygens (including phenoxy) is 1. The average Bonchev–Trinajstić information content (AvgIpc) is 2.79. The SMILES string of the molecule is NC(=O)c1sc2nccc(OC3CCCCC3)c2c1N. The molecule has 2 aromatic heterocycles. The summed E-state index contributed by atoms with van der Waals surface area (Å²) in [6, 6.07) is 1.81. The summed E-state index contributed by atoms with van der Waals surface area (Å²) >= 11 is 1.22. The van der Waals surface area contributed by atoms with E-state index in [0.29, 0.717) is 21.1 Å². The minimum Gasteiger partial charge on any atom is -0.490 e. The molecule has 2 heterocycles. The van der Waals surface area contributed by atoms with E-state index in [1.165, 1.54) is 30.6 Å². The zero-order valence-electron chi connectivity index (χ0n) is 11.1. The number of aromatic nitrogens is 1. The van der Waals surface area contributed by atoms with Gasteiger partial charge in [-0.3, -0.25) is 4.79 Å². The lowest BCUT2D eigenvalue weighted by atomic mass is 9.98. The Morgan fingerprint density at radius 3 is 2.80 bits per heavy atom. The number of rotatable bonds is 3. The van der Waals surface area contributed by atoms with Crippen molar-refractivity contribution in [3.8, 4) is 5.75 Å². The monoisotopic (exact) mass is 291 g/mol. The molecule has 4 N–H and O–H groups in total. The number of nitrogens with zero attached hydrogens (tertiary/aromatic N) is 1. The highest BCUT2D eigenvalue weighted by molar-refractivity contribution is 7.21. The third kappa shape index (κ3) is 2.31. The maximum atomic E-state index is 11.4.